The fourth-order valence-corrected chi connectivity index (χ4v) is 5.15. The lowest BCUT2D eigenvalue weighted by Crippen LogP contribution is -2.48. The highest BCUT2D eigenvalue weighted by atomic mass is 16.5. The molecule has 7 nitrogen and oxygen atoms in total. The van der Waals surface area contributed by atoms with Crippen LogP contribution in [0.3, 0.4) is 0 Å². The second-order valence-corrected chi connectivity index (χ2v) is 9.06. The smallest absolute Gasteiger partial charge is 0.255 e. The molecule has 0 bridgehead atoms. The fourth-order valence-electron chi connectivity index (χ4n) is 5.15. The van der Waals surface area contributed by atoms with E-state index in [0.29, 0.717) is 50.4 Å². The molecule has 7 heteroatoms. The quantitative estimate of drug-likeness (QED) is 0.721. The lowest BCUT2D eigenvalue weighted by Gasteiger charge is -2.37. The van der Waals surface area contributed by atoms with Gasteiger partial charge in [-0.3, -0.25) is 19.5 Å². The van der Waals surface area contributed by atoms with Crippen molar-refractivity contribution >= 4 is 11.8 Å². The molecular formula is C24H36N4O3. The van der Waals surface area contributed by atoms with Gasteiger partial charge >= 0.3 is 0 Å². The number of carbonyl (C=O) groups excluding carboxylic acids is 2. The first-order chi connectivity index (χ1) is 15.2. The van der Waals surface area contributed by atoms with Gasteiger partial charge in [-0.05, 0) is 50.8 Å². The summed E-state index contributed by atoms with van der Waals surface area (Å²) in [6, 6.07) is 4.46. The van der Waals surface area contributed by atoms with Crippen molar-refractivity contribution in [3.05, 3.63) is 29.6 Å². The topological polar surface area (TPSA) is 66.0 Å². The minimum absolute atomic E-state index is 0.0332. The summed E-state index contributed by atoms with van der Waals surface area (Å²) in [5, 5.41) is 0. The molecule has 3 fully saturated rings. The van der Waals surface area contributed by atoms with E-state index < -0.39 is 0 Å². The van der Waals surface area contributed by atoms with Gasteiger partial charge in [-0.2, -0.15) is 0 Å². The summed E-state index contributed by atoms with van der Waals surface area (Å²) in [7, 11) is 0. The van der Waals surface area contributed by atoms with Crippen molar-refractivity contribution in [2.45, 2.75) is 57.4 Å². The van der Waals surface area contributed by atoms with Gasteiger partial charge in [-0.15, -0.1) is 0 Å². The third-order valence-electron chi connectivity index (χ3n) is 7.16. The average Bonchev–Trinajstić information content (AvgIpc) is 2.84. The van der Waals surface area contributed by atoms with Crippen molar-refractivity contribution in [2.24, 2.45) is 0 Å². The number of pyridine rings is 1. The highest BCUT2D eigenvalue weighted by molar-refractivity contribution is 5.94. The van der Waals surface area contributed by atoms with E-state index >= 15 is 0 Å². The Labute approximate surface area is 185 Å². The van der Waals surface area contributed by atoms with Gasteiger partial charge in [0.1, 0.15) is 0 Å². The standard InChI is InChI=1S/C24H36N4O3/c1-2-21-5-3-4-10-28(21)18-23(29)26-11-8-19(9-12-26)22-7-6-20(17-25-22)24(30)27-13-15-31-16-14-27/h6-7,17,19,21H,2-5,8-16,18H2,1H3/t21-/m0/s1. The van der Waals surface area contributed by atoms with Gasteiger partial charge in [0.2, 0.25) is 5.91 Å². The van der Waals surface area contributed by atoms with Crippen molar-refractivity contribution in [1.29, 1.82) is 0 Å². The Balaban J connectivity index is 1.27. The zero-order valence-electron chi connectivity index (χ0n) is 18.8. The third-order valence-corrected chi connectivity index (χ3v) is 7.16. The summed E-state index contributed by atoms with van der Waals surface area (Å²) < 4.78 is 5.32. The van der Waals surface area contributed by atoms with Crippen LogP contribution in [0.15, 0.2) is 18.3 Å². The Kier molecular flexibility index (Phi) is 7.56. The van der Waals surface area contributed by atoms with Crippen LogP contribution in [0.5, 0.6) is 0 Å². The predicted molar refractivity (Wildman–Crippen MR) is 119 cm³/mol. The molecule has 31 heavy (non-hydrogen) atoms. The summed E-state index contributed by atoms with van der Waals surface area (Å²) >= 11 is 0. The second kappa shape index (κ2) is 10.6. The molecule has 0 aromatic carbocycles. The Morgan fingerprint density at radius 2 is 1.77 bits per heavy atom. The van der Waals surface area contributed by atoms with Crippen LogP contribution < -0.4 is 0 Å². The normalized spacial score (nSPS) is 23.7. The van der Waals surface area contributed by atoms with Crippen molar-refractivity contribution < 1.29 is 14.3 Å². The van der Waals surface area contributed by atoms with Crippen LogP contribution in [0, 0.1) is 0 Å². The van der Waals surface area contributed by atoms with E-state index in [-0.39, 0.29) is 11.8 Å². The van der Waals surface area contributed by atoms with Crippen molar-refractivity contribution in [3.8, 4) is 0 Å². The molecule has 4 rings (SSSR count). The Bertz CT molecular complexity index is 740. The van der Waals surface area contributed by atoms with Crippen LogP contribution >= 0.6 is 0 Å². The third kappa shape index (κ3) is 5.44. The summed E-state index contributed by atoms with van der Waals surface area (Å²) in [5.41, 5.74) is 1.68. The number of hydrogen-bond donors (Lipinski definition) is 0. The summed E-state index contributed by atoms with van der Waals surface area (Å²) in [5.74, 6) is 0.666. The largest absolute Gasteiger partial charge is 0.378 e. The molecule has 0 unspecified atom stereocenters. The van der Waals surface area contributed by atoms with Crippen LogP contribution in [0.2, 0.25) is 0 Å². The van der Waals surface area contributed by atoms with E-state index in [4.69, 9.17) is 4.74 Å². The van der Waals surface area contributed by atoms with Gasteiger partial charge in [0, 0.05) is 50.0 Å². The number of nitrogens with zero attached hydrogens (tertiary/aromatic N) is 4. The molecule has 0 aliphatic carbocycles. The molecule has 0 N–H and O–H groups in total. The molecule has 0 radical (unpaired) electrons. The maximum Gasteiger partial charge on any atom is 0.255 e. The minimum atomic E-state index is 0.0332. The summed E-state index contributed by atoms with van der Waals surface area (Å²) in [4.78, 5) is 36.3. The van der Waals surface area contributed by atoms with E-state index in [0.717, 1.165) is 44.6 Å². The molecule has 3 aliphatic heterocycles. The van der Waals surface area contributed by atoms with Crippen molar-refractivity contribution in [2.75, 3.05) is 52.5 Å². The van der Waals surface area contributed by atoms with Crippen molar-refractivity contribution in [3.63, 3.8) is 0 Å². The first kappa shape index (κ1) is 22.2. The number of hydrogen-bond acceptors (Lipinski definition) is 5. The van der Waals surface area contributed by atoms with Gasteiger partial charge in [0.15, 0.2) is 0 Å². The van der Waals surface area contributed by atoms with Gasteiger partial charge in [-0.1, -0.05) is 13.3 Å². The van der Waals surface area contributed by atoms with Crippen LogP contribution in [-0.4, -0.2) is 90.0 Å². The van der Waals surface area contributed by atoms with Gasteiger partial charge < -0.3 is 14.5 Å². The molecule has 0 saturated carbocycles. The molecular weight excluding hydrogens is 392 g/mol. The van der Waals surface area contributed by atoms with Crippen LogP contribution in [0.25, 0.3) is 0 Å². The number of ether oxygens (including phenoxy) is 1. The van der Waals surface area contributed by atoms with E-state index in [1.54, 1.807) is 6.20 Å². The Morgan fingerprint density at radius 3 is 2.45 bits per heavy atom. The Hall–Kier alpha value is -1.99. The van der Waals surface area contributed by atoms with Gasteiger partial charge in [0.25, 0.3) is 5.91 Å². The Morgan fingerprint density at radius 1 is 1.00 bits per heavy atom. The van der Waals surface area contributed by atoms with Gasteiger partial charge in [-0.25, -0.2) is 0 Å². The molecule has 2 amide bonds. The molecule has 3 saturated heterocycles. The average molecular weight is 429 g/mol. The van der Waals surface area contributed by atoms with Crippen molar-refractivity contribution in [1.82, 2.24) is 19.7 Å². The molecule has 1 aromatic rings. The molecule has 0 spiro atoms. The number of carbonyl (C=O) groups is 2. The molecule has 1 aromatic heterocycles. The number of amides is 2. The van der Waals surface area contributed by atoms with Gasteiger partial charge in [0.05, 0.1) is 25.3 Å². The molecule has 1 atom stereocenters. The zero-order valence-corrected chi connectivity index (χ0v) is 18.8. The first-order valence-electron chi connectivity index (χ1n) is 12.0. The SMILES string of the molecule is CC[C@H]1CCCCN1CC(=O)N1CCC(c2ccc(C(=O)N3CCOCC3)cn2)CC1. The second-order valence-electron chi connectivity index (χ2n) is 9.06. The number of aromatic nitrogens is 1. The van der Waals surface area contributed by atoms with E-state index in [1.807, 2.05) is 21.9 Å². The maximum absolute atomic E-state index is 12.9. The number of rotatable bonds is 5. The highest BCUT2D eigenvalue weighted by Gasteiger charge is 2.28. The monoisotopic (exact) mass is 428 g/mol. The van der Waals surface area contributed by atoms with E-state index in [9.17, 15) is 9.59 Å². The number of piperidine rings is 2. The molecule has 4 heterocycles. The number of morpholine rings is 1. The van der Waals surface area contributed by atoms with E-state index in [2.05, 4.69) is 16.8 Å². The summed E-state index contributed by atoms with van der Waals surface area (Å²) in [6.45, 7) is 7.93. The highest BCUT2D eigenvalue weighted by Crippen LogP contribution is 2.27. The maximum atomic E-state index is 12.9. The van der Waals surface area contributed by atoms with Crippen LogP contribution in [0.1, 0.15) is 67.4 Å². The zero-order chi connectivity index (χ0) is 21.6. The molecule has 3 aliphatic rings. The number of likely N-dealkylation sites (tertiary alicyclic amines) is 2. The lowest BCUT2D eigenvalue weighted by molar-refractivity contribution is -0.134. The minimum Gasteiger partial charge on any atom is -0.378 e. The first-order valence-corrected chi connectivity index (χ1v) is 12.0. The molecule has 170 valence electrons. The fraction of sp³-hybridized carbons (Fsp3) is 0.708. The van der Waals surface area contributed by atoms with Crippen LogP contribution in [0.4, 0.5) is 0 Å². The predicted octanol–water partition coefficient (Wildman–Crippen LogP) is 2.52. The summed E-state index contributed by atoms with van der Waals surface area (Å²) in [6.07, 6.45) is 8.44. The lowest BCUT2D eigenvalue weighted by atomic mass is 9.92. The van der Waals surface area contributed by atoms with Crippen LogP contribution in [-0.2, 0) is 9.53 Å². The van der Waals surface area contributed by atoms with E-state index in [1.165, 1.54) is 19.3 Å².